The molecule has 0 aliphatic carbocycles. The van der Waals surface area contributed by atoms with E-state index in [0.29, 0.717) is 25.2 Å². The predicted molar refractivity (Wildman–Crippen MR) is 133 cm³/mol. The summed E-state index contributed by atoms with van der Waals surface area (Å²) in [6, 6.07) is 25.6. The van der Waals surface area contributed by atoms with Crippen molar-refractivity contribution in [1.29, 1.82) is 0 Å². The Morgan fingerprint density at radius 3 is 1.91 bits per heavy atom. The van der Waals surface area contributed by atoms with Gasteiger partial charge in [0.05, 0.1) is 10.8 Å². The number of carbonyl (C=O) groups excluding carboxylic acids is 2. The van der Waals surface area contributed by atoms with Crippen molar-refractivity contribution in [2.45, 2.75) is 23.6 Å². The maximum Gasteiger partial charge on any atom is 0.254 e. The van der Waals surface area contributed by atoms with Crippen molar-refractivity contribution < 1.29 is 14.0 Å². The summed E-state index contributed by atoms with van der Waals surface area (Å²) in [4.78, 5) is 30.6. The van der Waals surface area contributed by atoms with E-state index in [9.17, 15) is 14.0 Å². The van der Waals surface area contributed by atoms with E-state index in [4.69, 9.17) is 0 Å². The third-order valence-corrected chi connectivity index (χ3v) is 8.44. The summed E-state index contributed by atoms with van der Waals surface area (Å²) in [7, 11) is 0. The van der Waals surface area contributed by atoms with Crippen LogP contribution in [-0.2, 0) is 4.79 Å². The van der Waals surface area contributed by atoms with E-state index in [2.05, 4.69) is 0 Å². The van der Waals surface area contributed by atoms with Gasteiger partial charge < -0.3 is 9.80 Å². The summed E-state index contributed by atoms with van der Waals surface area (Å²) >= 11 is 1.81. The van der Waals surface area contributed by atoms with Gasteiger partial charge in [0, 0.05) is 31.0 Å². The maximum atomic E-state index is 13.8. The van der Waals surface area contributed by atoms with Gasteiger partial charge in [-0.2, -0.15) is 0 Å². The highest BCUT2D eigenvalue weighted by Crippen LogP contribution is 2.45. The molecule has 2 saturated heterocycles. The van der Waals surface area contributed by atoms with Crippen LogP contribution in [-0.4, -0.2) is 51.9 Å². The number of carbonyl (C=O) groups is 2. The zero-order chi connectivity index (χ0) is 23.5. The van der Waals surface area contributed by atoms with E-state index < -0.39 is 0 Å². The molecule has 6 heteroatoms. The quantitative estimate of drug-likeness (QED) is 0.524. The molecule has 3 aromatic rings. The molecule has 2 aliphatic heterocycles. The lowest BCUT2D eigenvalue weighted by Crippen LogP contribution is -2.54. The molecule has 0 N–H and O–H groups in total. The Bertz CT molecular complexity index is 1110. The van der Waals surface area contributed by atoms with Gasteiger partial charge in [-0.25, -0.2) is 4.39 Å². The maximum absolute atomic E-state index is 13.8. The Labute approximate surface area is 203 Å². The van der Waals surface area contributed by atoms with Crippen LogP contribution in [0.15, 0.2) is 84.9 Å². The number of thioether (sulfide) groups is 1. The number of halogens is 1. The average molecular weight is 475 g/mol. The predicted octanol–water partition coefficient (Wildman–Crippen LogP) is 5.17. The molecule has 2 heterocycles. The summed E-state index contributed by atoms with van der Waals surface area (Å²) in [6.45, 7) is 1.88. The largest absolute Gasteiger partial charge is 0.342 e. The zero-order valence-electron chi connectivity index (χ0n) is 18.9. The highest BCUT2D eigenvalue weighted by molar-refractivity contribution is 8.00. The number of nitrogens with zero attached hydrogens (tertiary/aromatic N) is 2. The highest BCUT2D eigenvalue weighted by Gasteiger charge is 2.47. The minimum atomic E-state index is -0.347. The van der Waals surface area contributed by atoms with Crippen molar-refractivity contribution in [2.75, 3.05) is 25.4 Å². The number of hydrogen-bond acceptors (Lipinski definition) is 3. The Kier molecular flexibility index (Phi) is 6.42. The van der Waals surface area contributed by atoms with E-state index in [1.165, 1.54) is 12.1 Å². The molecule has 0 atom stereocenters. The second-order valence-electron chi connectivity index (χ2n) is 8.84. The number of hydrogen-bond donors (Lipinski definition) is 0. The van der Waals surface area contributed by atoms with Crippen LogP contribution >= 0.6 is 11.8 Å². The van der Waals surface area contributed by atoms with Crippen molar-refractivity contribution in [3.05, 3.63) is 107 Å². The fraction of sp³-hybridized carbons (Fsp3) is 0.286. The highest BCUT2D eigenvalue weighted by atomic mass is 32.2. The standard InChI is InChI=1S/C28H27FN2O2S/c29-24-13-11-23(12-14-24)26(32)31-19-20-34-28(31)15-17-30(18-16-28)27(33)25(21-7-3-1-4-8-21)22-9-5-2-6-10-22/h1-14,25H,15-20H2. The van der Waals surface area contributed by atoms with E-state index in [0.717, 1.165) is 29.7 Å². The molecule has 4 nitrogen and oxygen atoms in total. The van der Waals surface area contributed by atoms with Crippen LogP contribution in [0.1, 0.15) is 40.2 Å². The molecule has 0 bridgehead atoms. The third-order valence-electron chi connectivity index (χ3n) is 6.88. The van der Waals surface area contributed by atoms with Gasteiger partial charge in [0.25, 0.3) is 5.91 Å². The van der Waals surface area contributed by atoms with E-state index >= 15 is 0 Å². The minimum Gasteiger partial charge on any atom is -0.342 e. The molecule has 0 saturated carbocycles. The van der Waals surface area contributed by atoms with Crippen LogP contribution < -0.4 is 0 Å². The van der Waals surface area contributed by atoms with Crippen molar-refractivity contribution in [3.8, 4) is 0 Å². The Balaban J connectivity index is 1.34. The number of piperidine rings is 1. The van der Waals surface area contributed by atoms with Gasteiger partial charge >= 0.3 is 0 Å². The summed E-state index contributed by atoms with van der Waals surface area (Å²) in [5.41, 5.74) is 2.49. The zero-order valence-corrected chi connectivity index (χ0v) is 19.7. The number of rotatable bonds is 4. The van der Waals surface area contributed by atoms with Gasteiger partial charge in [-0.15, -0.1) is 11.8 Å². The van der Waals surface area contributed by atoms with Crippen molar-refractivity contribution in [3.63, 3.8) is 0 Å². The van der Waals surface area contributed by atoms with Gasteiger partial charge in [-0.1, -0.05) is 60.7 Å². The molecular weight excluding hydrogens is 447 g/mol. The Hall–Kier alpha value is -3.12. The smallest absolute Gasteiger partial charge is 0.254 e. The fourth-order valence-electron chi connectivity index (χ4n) is 5.09. The molecule has 1 spiro atoms. The molecule has 174 valence electrons. The van der Waals surface area contributed by atoms with E-state index in [-0.39, 0.29) is 28.4 Å². The first-order chi connectivity index (χ1) is 16.6. The average Bonchev–Trinajstić information content (AvgIpc) is 3.28. The number of likely N-dealkylation sites (tertiary alicyclic amines) is 1. The number of benzene rings is 3. The first-order valence-electron chi connectivity index (χ1n) is 11.7. The fourth-order valence-corrected chi connectivity index (χ4v) is 6.54. The SMILES string of the molecule is O=C(C(c1ccccc1)c1ccccc1)N1CCC2(CC1)SCCN2C(=O)c1ccc(F)cc1. The molecule has 2 aliphatic rings. The summed E-state index contributed by atoms with van der Waals surface area (Å²) < 4.78 is 13.3. The topological polar surface area (TPSA) is 40.6 Å². The van der Waals surface area contributed by atoms with Gasteiger partial charge in [0.1, 0.15) is 5.82 Å². The second kappa shape index (κ2) is 9.63. The Morgan fingerprint density at radius 2 is 1.35 bits per heavy atom. The number of amides is 2. The van der Waals surface area contributed by atoms with Gasteiger partial charge in [0.2, 0.25) is 5.91 Å². The van der Waals surface area contributed by atoms with E-state index in [1.807, 2.05) is 82.2 Å². The lowest BCUT2D eigenvalue weighted by Gasteiger charge is -2.44. The van der Waals surface area contributed by atoms with Crippen LogP contribution in [0.3, 0.4) is 0 Å². The first-order valence-corrected chi connectivity index (χ1v) is 12.7. The van der Waals surface area contributed by atoms with Crippen LogP contribution in [0.4, 0.5) is 4.39 Å². The van der Waals surface area contributed by atoms with Gasteiger partial charge in [-0.3, -0.25) is 9.59 Å². The monoisotopic (exact) mass is 474 g/mol. The van der Waals surface area contributed by atoms with Crippen LogP contribution in [0, 0.1) is 5.82 Å². The molecule has 34 heavy (non-hydrogen) atoms. The summed E-state index contributed by atoms with van der Waals surface area (Å²) in [5.74, 6) is 0.227. The van der Waals surface area contributed by atoms with Crippen molar-refractivity contribution >= 4 is 23.6 Å². The first kappa shape index (κ1) is 22.7. The third kappa shape index (κ3) is 4.34. The summed E-state index contributed by atoms with van der Waals surface area (Å²) in [5, 5.41) is 0. The Morgan fingerprint density at radius 1 is 0.794 bits per heavy atom. The summed E-state index contributed by atoms with van der Waals surface area (Å²) in [6.07, 6.45) is 1.46. The van der Waals surface area contributed by atoms with Gasteiger partial charge in [-0.05, 0) is 48.2 Å². The molecular formula is C28H27FN2O2S. The lowest BCUT2D eigenvalue weighted by atomic mass is 9.89. The molecule has 2 fully saturated rings. The normalized spacial score (nSPS) is 17.4. The lowest BCUT2D eigenvalue weighted by molar-refractivity contribution is -0.133. The van der Waals surface area contributed by atoms with Crippen LogP contribution in [0.2, 0.25) is 0 Å². The molecule has 0 unspecified atom stereocenters. The van der Waals surface area contributed by atoms with E-state index in [1.54, 1.807) is 12.1 Å². The molecule has 2 amide bonds. The molecule has 3 aromatic carbocycles. The van der Waals surface area contributed by atoms with Crippen LogP contribution in [0.25, 0.3) is 0 Å². The van der Waals surface area contributed by atoms with Gasteiger partial charge in [0.15, 0.2) is 0 Å². The molecule has 5 rings (SSSR count). The molecule has 0 radical (unpaired) electrons. The molecule has 0 aromatic heterocycles. The minimum absolute atomic E-state index is 0.0591. The second-order valence-corrected chi connectivity index (χ2v) is 10.3. The van der Waals surface area contributed by atoms with Crippen LogP contribution in [0.5, 0.6) is 0 Å². The van der Waals surface area contributed by atoms with Crippen molar-refractivity contribution in [2.24, 2.45) is 0 Å². The van der Waals surface area contributed by atoms with Crippen molar-refractivity contribution in [1.82, 2.24) is 9.80 Å².